The van der Waals surface area contributed by atoms with Crippen LogP contribution >= 0.6 is 0 Å². The predicted molar refractivity (Wildman–Crippen MR) is 114 cm³/mol. The van der Waals surface area contributed by atoms with Crippen LogP contribution in [0.2, 0.25) is 0 Å². The molecule has 8 nitrogen and oxygen atoms in total. The molecule has 4 N–H and O–H groups in total. The molecule has 10 heteroatoms. The molecular formula is C20H19N3O5S2. The maximum Gasteiger partial charge on any atom is 0.261 e. The van der Waals surface area contributed by atoms with Crippen LogP contribution in [-0.2, 0) is 20.0 Å². The van der Waals surface area contributed by atoms with Crippen molar-refractivity contribution < 1.29 is 21.6 Å². The third-order valence-electron chi connectivity index (χ3n) is 4.23. The molecule has 3 aromatic rings. The van der Waals surface area contributed by atoms with Crippen LogP contribution in [0, 0.1) is 6.92 Å². The van der Waals surface area contributed by atoms with Gasteiger partial charge in [0.05, 0.1) is 9.79 Å². The Morgan fingerprint density at radius 2 is 1.43 bits per heavy atom. The normalized spacial score (nSPS) is 11.7. The lowest BCUT2D eigenvalue weighted by atomic mass is 10.1. The van der Waals surface area contributed by atoms with E-state index in [1.54, 1.807) is 37.3 Å². The Morgan fingerprint density at radius 1 is 0.833 bits per heavy atom. The summed E-state index contributed by atoms with van der Waals surface area (Å²) in [5.74, 6) is -0.303. The van der Waals surface area contributed by atoms with Crippen LogP contribution in [0.25, 0.3) is 0 Å². The number of nitrogens with two attached hydrogens (primary N) is 1. The van der Waals surface area contributed by atoms with E-state index in [1.165, 1.54) is 42.5 Å². The SMILES string of the molecule is Cc1cc(S(=O)(=O)Nc2ccc(S(N)(=O)=O)cc2)ccc1NC(=O)c1ccccc1. The molecule has 0 atom stereocenters. The van der Waals surface area contributed by atoms with Crippen molar-refractivity contribution in [3.8, 4) is 0 Å². The second-order valence-corrected chi connectivity index (χ2v) is 9.72. The standard InChI is InChI=1S/C20H19N3O5S2/c1-14-13-18(11-12-19(14)22-20(24)15-5-3-2-4-6-15)30(27,28)23-16-7-9-17(10-8-16)29(21,25)26/h2-13,23H,1H3,(H,22,24)(H2,21,25,26). The molecule has 1 amide bonds. The first-order valence-electron chi connectivity index (χ1n) is 8.69. The molecule has 0 aliphatic carbocycles. The van der Waals surface area contributed by atoms with Gasteiger partial charge < -0.3 is 5.32 Å². The first-order chi connectivity index (χ1) is 14.1. The number of benzene rings is 3. The molecule has 0 aromatic heterocycles. The van der Waals surface area contributed by atoms with Gasteiger partial charge in [-0.1, -0.05) is 18.2 Å². The minimum absolute atomic E-state index is 0.00627. The second kappa shape index (κ2) is 8.27. The fourth-order valence-corrected chi connectivity index (χ4v) is 4.31. The molecule has 30 heavy (non-hydrogen) atoms. The van der Waals surface area contributed by atoms with Crippen molar-refractivity contribution in [2.75, 3.05) is 10.0 Å². The summed E-state index contributed by atoms with van der Waals surface area (Å²) in [4.78, 5) is 12.2. The maximum absolute atomic E-state index is 12.6. The molecule has 0 aliphatic rings. The van der Waals surface area contributed by atoms with Crippen LogP contribution in [-0.4, -0.2) is 22.7 Å². The van der Waals surface area contributed by atoms with Crippen LogP contribution in [0.4, 0.5) is 11.4 Å². The molecule has 0 aliphatic heterocycles. The van der Waals surface area contributed by atoms with Gasteiger partial charge in [0.2, 0.25) is 10.0 Å². The number of sulfonamides is 2. The molecule has 0 spiro atoms. The van der Waals surface area contributed by atoms with Crippen LogP contribution in [0.15, 0.2) is 82.6 Å². The number of rotatable bonds is 6. The minimum atomic E-state index is -3.92. The average molecular weight is 446 g/mol. The molecule has 0 saturated carbocycles. The van der Waals surface area contributed by atoms with Gasteiger partial charge >= 0.3 is 0 Å². The van der Waals surface area contributed by atoms with Crippen LogP contribution in [0.3, 0.4) is 0 Å². The van der Waals surface area contributed by atoms with E-state index in [9.17, 15) is 21.6 Å². The number of hydrogen-bond acceptors (Lipinski definition) is 5. The van der Waals surface area contributed by atoms with Crippen LogP contribution < -0.4 is 15.2 Å². The molecule has 0 fully saturated rings. The lowest BCUT2D eigenvalue weighted by molar-refractivity contribution is 0.102. The number of hydrogen-bond donors (Lipinski definition) is 3. The summed E-state index contributed by atoms with van der Waals surface area (Å²) in [7, 11) is -7.79. The largest absolute Gasteiger partial charge is 0.322 e. The zero-order chi connectivity index (χ0) is 21.9. The number of nitrogens with one attached hydrogen (secondary N) is 2. The molecule has 3 aromatic carbocycles. The molecule has 156 valence electrons. The minimum Gasteiger partial charge on any atom is -0.322 e. The number of anilines is 2. The lowest BCUT2D eigenvalue weighted by Crippen LogP contribution is -2.15. The highest BCUT2D eigenvalue weighted by Gasteiger charge is 2.17. The van der Waals surface area contributed by atoms with Gasteiger partial charge in [-0.3, -0.25) is 9.52 Å². The third kappa shape index (κ3) is 5.03. The maximum atomic E-state index is 12.6. The Morgan fingerprint density at radius 3 is 2.00 bits per heavy atom. The number of aryl methyl sites for hydroxylation is 1. The van der Waals surface area contributed by atoms with Gasteiger partial charge in [0, 0.05) is 16.9 Å². The van der Waals surface area contributed by atoms with Crippen molar-refractivity contribution >= 4 is 37.3 Å². The summed E-state index contributed by atoms with van der Waals surface area (Å²) in [6.07, 6.45) is 0. The van der Waals surface area contributed by atoms with Gasteiger partial charge in [-0.25, -0.2) is 22.0 Å². The molecule has 0 radical (unpaired) electrons. The van der Waals surface area contributed by atoms with E-state index in [-0.39, 0.29) is 21.4 Å². The highest BCUT2D eigenvalue weighted by molar-refractivity contribution is 7.92. The van der Waals surface area contributed by atoms with Crippen molar-refractivity contribution in [2.24, 2.45) is 5.14 Å². The van der Waals surface area contributed by atoms with Crippen LogP contribution in [0.1, 0.15) is 15.9 Å². The Balaban J connectivity index is 1.78. The van der Waals surface area contributed by atoms with E-state index in [2.05, 4.69) is 10.0 Å². The van der Waals surface area contributed by atoms with E-state index >= 15 is 0 Å². The number of primary sulfonamides is 1. The molecule has 0 saturated heterocycles. The summed E-state index contributed by atoms with van der Waals surface area (Å²) in [6.45, 7) is 1.68. The Kier molecular flexibility index (Phi) is 5.92. The van der Waals surface area contributed by atoms with Gasteiger partial charge in [-0.05, 0) is 67.1 Å². The van der Waals surface area contributed by atoms with Gasteiger partial charge in [-0.15, -0.1) is 0 Å². The second-order valence-electron chi connectivity index (χ2n) is 6.47. The first kappa shape index (κ1) is 21.5. The van der Waals surface area contributed by atoms with Crippen molar-refractivity contribution in [2.45, 2.75) is 16.7 Å². The third-order valence-corrected chi connectivity index (χ3v) is 6.54. The van der Waals surface area contributed by atoms with Gasteiger partial charge in [0.25, 0.3) is 15.9 Å². The van der Waals surface area contributed by atoms with Gasteiger partial charge in [0.1, 0.15) is 0 Å². The number of amides is 1. The predicted octanol–water partition coefficient (Wildman–Crippen LogP) is 2.70. The summed E-state index contributed by atoms with van der Waals surface area (Å²) in [6, 6.07) is 18.0. The summed E-state index contributed by atoms with van der Waals surface area (Å²) >= 11 is 0. The first-order valence-corrected chi connectivity index (χ1v) is 11.7. The summed E-state index contributed by atoms with van der Waals surface area (Å²) in [5, 5.41) is 7.78. The number of carbonyl (C=O) groups excluding carboxylic acids is 1. The fraction of sp³-hybridized carbons (Fsp3) is 0.0500. The fourth-order valence-electron chi connectivity index (χ4n) is 2.65. The average Bonchev–Trinajstić information content (AvgIpc) is 2.69. The van der Waals surface area contributed by atoms with E-state index < -0.39 is 20.0 Å². The molecular weight excluding hydrogens is 426 g/mol. The topological polar surface area (TPSA) is 135 Å². The van der Waals surface area contributed by atoms with E-state index in [4.69, 9.17) is 5.14 Å². The monoisotopic (exact) mass is 445 g/mol. The van der Waals surface area contributed by atoms with Gasteiger partial charge in [-0.2, -0.15) is 0 Å². The summed E-state index contributed by atoms with van der Waals surface area (Å²) < 4.78 is 50.3. The highest BCUT2D eigenvalue weighted by atomic mass is 32.2. The van der Waals surface area contributed by atoms with E-state index in [1.807, 2.05) is 0 Å². The Hall–Kier alpha value is -3.21. The Labute approximate surface area is 174 Å². The molecule has 3 rings (SSSR count). The van der Waals surface area contributed by atoms with Gasteiger partial charge in [0.15, 0.2) is 0 Å². The van der Waals surface area contributed by atoms with Crippen molar-refractivity contribution in [3.05, 3.63) is 83.9 Å². The molecule has 0 heterocycles. The molecule has 0 unspecified atom stereocenters. The zero-order valence-corrected chi connectivity index (χ0v) is 17.5. The van der Waals surface area contributed by atoms with Crippen molar-refractivity contribution in [1.29, 1.82) is 0 Å². The van der Waals surface area contributed by atoms with E-state index in [0.29, 0.717) is 16.8 Å². The smallest absolute Gasteiger partial charge is 0.261 e. The van der Waals surface area contributed by atoms with Crippen molar-refractivity contribution in [1.82, 2.24) is 0 Å². The van der Waals surface area contributed by atoms with E-state index in [0.717, 1.165) is 0 Å². The zero-order valence-electron chi connectivity index (χ0n) is 15.9. The highest BCUT2D eigenvalue weighted by Crippen LogP contribution is 2.23. The lowest BCUT2D eigenvalue weighted by Gasteiger charge is -2.12. The van der Waals surface area contributed by atoms with Crippen LogP contribution in [0.5, 0.6) is 0 Å². The molecule has 0 bridgehead atoms. The quantitative estimate of drug-likeness (QED) is 0.536. The van der Waals surface area contributed by atoms with Crippen molar-refractivity contribution in [3.63, 3.8) is 0 Å². The summed E-state index contributed by atoms with van der Waals surface area (Å²) in [5.41, 5.74) is 1.71. The number of carbonyl (C=O) groups is 1. The Bertz CT molecular complexity index is 1290.